The quantitative estimate of drug-likeness (QED) is 0.901. The van der Waals surface area contributed by atoms with Gasteiger partial charge in [-0.15, -0.1) is 0 Å². The van der Waals surface area contributed by atoms with Crippen LogP contribution in [0.3, 0.4) is 0 Å². The molecule has 8 heteroatoms. The lowest BCUT2D eigenvalue weighted by atomic mass is 9.84. The molecular weight excluding hydrogens is 322 g/mol. The topological polar surface area (TPSA) is 104 Å². The molecule has 2 aromatic rings. The Balaban J connectivity index is 1.38. The number of nitrogens with zero attached hydrogens (tertiary/aromatic N) is 4. The van der Waals surface area contributed by atoms with E-state index in [0.29, 0.717) is 17.2 Å². The number of fused-ring (bicyclic) bond motifs is 3. The second-order valence-corrected chi connectivity index (χ2v) is 6.33. The molecule has 0 saturated carbocycles. The Morgan fingerprint density at radius 3 is 2.64 bits per heavy atom. The monoisotopic (exact) mass is 339 g/mol. The van der Waals surface area contributed by atoms with Crippen molar-refractivity contribution in [3.05, 3.63) is 35.7 Å². The van der Waals surface area contributed by atoms with Gasteiger partial charge in [-0.25, -0.2) is 0 Å². The molecule has 1 N–H and O–H groups in total. The van der Waals surface area contributed by atoms with E-state index in [0.717, 1.165) is 32.5 Å². The SMILES string of the molecule is N#Cc1nnc(Oc2ccc(C(=O)NC3CN4CCC3CC4)cc2)o1. The van der Waals surface area contributed by atoms with E-state index in [2.05, 4.69) is 20.4 Å². The Hall–Kier alpha value is -2.92. The summed E-state index contributed by atoms with van der Waals surface area (Å²) >= 11 is 0. The molecule has 1 aromatic heterocycles. The number of amides is 1. The summed E-state index contributed by atoms with van der Waals surface area (Å²) in [6.07, 6.45) is 2.21. The molecule has 4 heterocycles. The van der Waals surface area contributed by atoms with Gasteiger partial charge in [0.2, 0.25) is 0 Å². The minimum absolute atomic E-state index is 0.0742. The van der Waals surface area contributed by atoms with Gasteiger partial charge in [0.05, 0.1) is 0 Å². The van der Waals surface area contributed by atoms with Gasteiger partial charge < -0.3 is 19.4 Å². The fourth-order valence-electron chi connectivity index (χ4n) is 3.45. The highest BCUT2D eigenvalue weighted by Crippen LogP contribution is 2.28. The lowest BCUT2D eigenvalue weighted by Gasteiger charge is -2.44. The van der Waals surface area contributed by atoms with Crippen molar-refractivity contribution in [1.82, 2.24) is 20.4 Å². The fraction of sp³-hybridized carbons (Fsp3) is 0.412. The Morgan fingerprint density at radius 1 is 1.28 bits per heavy atom. The first-order chi connectivity index (χ1) is 12.2. The van der Waals surface area contributed by atoms with E-state index < -0.39 is 0 Å². The van der Waals surface area contributed by atoms with Crippen molar-refractivity contribution < 1.29 is 13.9 Å². The van der Waals surface area contributed by atoms with Crippen molar-refractivity contribution in [1.29, 1.82) is 5.26 Å². The smallest absolute Gasteiger partial charge is 0.410 e. The molecule has 25 heavy (non-hydrogen) atoms. The normalized spacial score (nSPS) is 24.5. The van der Waals surface area contributed by atoms with Gasteiger partial charge in [-0.05, 0) is 56.1 Å². The molecule has 3 aliphatic rings. The summed E-state index contributed by atoms with van der Waals surface area (Å²) < 4.78 is 10.3. The molecular formula is C17H17N5O3. The first-order valence-corrected chi connectivity index (χ1v) is 8.26. The molecule has 3 fully saturated rings. The summed E-state index contributed by atoms with van der Waals surface area (Å²) in [4.78, 5) is 14.9. The van der Waals surface area contributed by atoms with Gasteiger partial charge >= 0.3 is 12.0 Å². The summed E-state index contributed by atoms with van der Waals surface area (Å²) in [6, 6.07) is 8.65. The maximum absolute atomic E-state index is 12.5. The molecule has 0 spiro atoms. The van der Waals surface area contributed by atoms with Crippen LogP contribution in [0.15, 0.2) is 28.7 Å². The Kier molecular flexibility index (Phi) is 4.07. The van der Waals surface area contributed by atoms with Gasteiger partial charge in [-0.3, -0.25) is 4.79 Å². The highest BCUT2D eigenvalue weighted by molar-refractivity contribution is 5.94. The average Bonchev–Trinajstić information content (AvgIpc) is 3.11. The zero-order valence-corrected chi connectivity index (χ0v) is 13.5. The number of aromatic nitrogens is 2. The highest BCUT2D eigenvalue weighted by Gasteiger charge is 2.34. The van der Waals surface area contributed by atoms with Crippen molar-refractivity contribution in [2.75, 3.05) is 19.6 Å². The summed E-state index contributed by atoms with van der Waals surface area (Å²) in [5.41, 5.74) is 0.576. The van der Waals surface area contributed by atoms with Gasteiger partial charge in [0.1, 0.15) is 5.75 Å². The second-order valence-electron chi connectivity index (χ2n) is 6.33. The molecule has 0 aliphatic carbocycles. The number of rotatable bonds is 4. The maximum atomic E-state index is 12.5. The van der Waals surface area contributed by atoms with Crippen LogP contribution in [0.1, 0.15) is 29.1 Å². The lowest BCUT2D eigenvalue weighted by Crippen LogP contribution is -2.57. The van der Waals surface area contributed by atoms with E-state index in [9.17, 15) is 4.79 Å². The molecule has 5 rings (SSSR count). The van der Waals surface area contributed by atoms with Crippen molar-refractivity contribution in [2.45, 2.75) is 18.9 Å². The molecule has 1 amide bonds. The molecule has 3 saturated heterocycles. The number of hydrogen-bond acceptors (Lipinski definition) is 7. The molecule has 0 radical (unpaired) electrons. The summed E-state index contributed by atoms with van der Waals surface area (Å²) in [6.45, 7) is 3.23. The van der Waals surface area contributed by atoms with Crippen molar-refractivity contribution in [2.24, 2.45) is 5.92 Å². The average molecular weight is 339 g/mol. The van der Waals surface area contributed by atoms with Crippen LogP contribution in [-0.4, -0.2) is 46.7 Å². The lowest BCUT2D eigenvalue weighted by molar-refractivity contribution is 0.0620. The summed E-state index contributed by atoms with van der Waals surface area (Å²) in [7, 11) is 0. The number of hydrogen-bond donors (Lipinski definition) is 1. The number of nitriles is 1. The first-order valence-electron chi connectivity index (χ1n) is 8.26. The maximum Gasteiger partial charge on any atom is 0.421 e. The van der Waals surface area contributed by atoms with E-state index in [4.69, 9.17) is 14.4 Å². The third kappa shape index (κ3) is 3.32. The van der Waals surface area contributed by atoms with E-state index in [1.165, 1.54) is 0 Å². The van der Waals surface area contributed by atoms with E-state index in [-0.39, 0.29) is 23.9 Å². The van der Waals surface area contributed by atoms with Gasteiger partial charge in [0, 0.05) is 18.2 Å². The van der Waals surface area contributed by atoms with Crippen molar-refractivity contribution in [3.63, 3.8) is 0 Å². The Bertz CT molecular complexity index is 802. The zero-order chi connectivity index (χ0) is 17.2. The van der Waals surface area contributed by atoms with Crippen LogP contribution in [0.5, 0.6) is 11.8 Å². The van der Waals surface area contributed by atoms with Gasteiger partial charge in [0.15, 0.2) is 6.07 Å². The predicted octanol–water partition coefficient (Wildman–Crippen LogP) is 1.56. The van der Waals surface area contributed by atoms with E-state index in [1.807, 2.05) is 0 Å². The molecule has 1 unspecified atom stereocenters. The minimum atomic E-state index is -0.163. The second kappa shape index (κ2) is 6.53. The zero-order valence-electron chi connectivity index (χ0n) is 13.5. The van der Waals surface area contributed by atoms with E-state index in [1.54, 1.807) is 30.3 Å². The van der Waals surface area contributed by atoms with Crippen LogP contribution in [0.4, 0.5) is 0 Å². The molecule has 1 atom stereocenters. The van der Waals surface area contributed by atoms with Crippen LogP contribution in [-0.2, 0) is 0 Å². The Labute approximate surface area is 144 Å². The van der Waals surface area contributed by atoms with Crippen LogP contribution in [0.25, 0.3) is 0 Å². The number of benzene rings is 1. The summed E-state index contributed by atoms with van der Waals surface area (Å²) in [5, 5.41) is 18.9. The molecule has 3 aliphatic heterocycles. The molecule has 1 aromatic carbocycles. The number of carbonyl (C=O) groups is 1. The largest absolute Gasteiger partial charge is 0.421 e. The van der Waals surface area contributed by atoms with Crippen LogP contribution < -0.4 is 10.1 Å². The Morgan fingerprint density at radius 2 is 2.04 bits per heavy atom. The predicted molar refractivity (Wildman–Crippen MR) is 85.9 cm³/mol. The minimum Gasteiger partial charge on any atom is -0.410 e. The van der Waals surface area contributed by atoms with Crippen LogP contribution in [0, 0.1) is 17.2 Å². The van der Waals surface area contributed by atoms with Crippen LogP contribution in [0.2, 0.25) is 0 Å². The highest BCUT2D eigenvalue weighted by atomic mass is 16.6. The third-order valence-electron chi connectivity index (χ3n) is 4.80. The van der Waals surface area contributed by atoms with Gasteiger partial charge in [-0.2, -0.15) is 5.26 Å². The number of piperidine rings is 3. The van der Waals surface area contributed by atoms with E-state index >= 15 is 0 Å². The molecule has 8 nitrogen and oxygen atoms in total. The van der Waals surface area contributed by atoms with Gasteiger partial charge in [0.25, 0.3) is 5.91 Å². The molecule has 2 bridgehead atoms. The van der Waals surface area contributed by atoms with Gasteiger partial charge in [-0.1, -0.05) is 10.2 Å². The van der Waals surface area contributed by atoms with Crippen molar-refractivity contribution >= 4 is 5.91 Å². The number of nitrogens with one attached hydrogen (secondary N) is 1. The number of carbonyl (C=O) groups excluding carboxylic acids is 1. The standard InChI is InChI=1S/C17H17N5O3/c18-9-15-20-21-17(25-15)24-13-3-1-12(2-4-13)16(23)19-14-10-22-7-5-11(14)6-8-22/h1-4,11,14H,5-8,10H2,(H,19,23). The fourth-order valence-corrected chi connectivity index (χ4v) is 3.45. The van der Waals surface area contributed by atoms with Crippen LogP contribution >= 0.6 is 0 Å². The number of ether oxygens (including phenoxy) is 1. The third-order valence-corrected chi connectivity index (χ3v) is 4.80. The first kappa shape index (κ1) is 15.6. The van der Waals surface area contributed by atoms with Crippen molar-refractivity contribution in [3.8, 4) is 17.9 Å². The summed E-state index contributed by atoms with van der Waals surface area (Å²) in [5.74, 6) is 0.800. The molecule has 128 valence electrons.